The van der Waals surface area contributed by atoms with E-state index in [0.717, 1.165) is 11.1 Å². The average molecular weight is 235 g/mol. The van der Waals surface area contributed by atoms with Crippen molar-refractivity contribution in [3.05, 3.63) is 29.3 Å². The Balaban J connectivity index is 2.64. The molecule has 1 heterocycles. The molecule has 1 aromatic rings. The molecule has 17 heavy (non-hydrogen) atoms. The smallest absolute Gasteiger partial charge is 0.115 e. The van der Waals surface area contributed by atoms with E-state index in [1.807, 2.05) is 26.0 Å². The van der Waals surface area contributed by atoms with E-state index in [1.165, 1.54) is 0 Å². The molecule has 0 spiro atoms. The maximum Gasteiger partial charge on any atom is 0.115 e. The van der Waals surface area contributed by atoms with Crippen molar-refractivity contribution in [3.8, 4) is 5.75 Å². The van der Waals surface area contributed by atoms with Crippen LogP contribution in [0.4, 0.5) is 0 Å². The summed E-state index contributed by atoms with van der Waals surface area (Å²) in [5.74, 6) is 0.297. The van der Waals surface area contributed by atoms with Crippen molar-refractivity contribution in [3.63, 3.8) is 0 Å². The third kappa shape index (κ3) is 1.83. The molecule has 0 fully saturated rings. The van der Waals surface area contributed by atoms with Gasteiger partial charge in [0.2, 0.25) is 0 Å². The fraction of sp³-hybridized carbons (Fsp3) is 0.571. The number of phenolic OH excluding ortho intramolecular Hbond substituents is 1. The van der Waals surface area contributed by atoms with Crippen molar-refractivity contribution in [1.29, 1.82) is 0 Å². The Morgan fingerprint density at radius 1 is 1.24 bits per heavy atom. The number of benzene rings is 1. The summed E-state index contributed by atoms with van der Waals surface area (Å²) in [5.41, 5.74) is 7.53. The number of ether oxygens (including phenoxy) is 1. The summed E-state index contributed by atoms with van der Waals surface area (Å²) < 4.78 is 6.10. The molecular weight excluding hydrogens is 214 g/mol. The average Bonchev–Trinajstić information content (AvgIpc) is 2.24. The quantitative estimate of drug-likeness (QED) is 0.785. The second-order valence-electron chi connectivity index (χ2n) is 5.80. The monoisotopic (exact) mass is 235 g/mol. The number of hydrogen-bond acceptors (Lipinski definition) is 3. The van der Waals surface area contributed by atoms with Crippen LogP contribution in [-0.4, -0.2) is 17.8 Å². The number of phenols is 1. The fourth-order valence-corrected chi connectivity index (χ4v) is 2.67. The molecule has 0 saturated heterocycles. The van der Waals surface area contributed by atoms with Crippen LogP contribution in [0.2, 0.25) is 0 Å². The van der Waals surface area contributed by atoms with Crippen LogP contribution in [0.5, 0.6) is 5.75 Å². The molecule has 0 amide bonds. The molecule has 1 aromatic carbocycles. The van der Waals surface area contributed by atoms with Gasteiger partial charge in [0.25, 0.3) is 0 Å². The molecule has 1 atom stereocenters. The van der Waals surface area contributed by atoms with Gasteiger partial charge in [-0.25, -0.2) is 0 Å². The minimum Gasteiger partial charge on any atom is -0.508 e. The van der Waals surface area contributed by atoms with Crippen LogP contribution in [0.1, 0.15) is 38.8 Å². The van der Waals surface area contributed by atoms with Gasteiger partial charge < -0.3 is 15.6 Å². The van der Waals surface area contributed by atoms with Gasteiger partial charge in [-0.15, -0.1) is 0 Å². The predicted octanol–water partition coefficient (Wildman–Crippen LogP) is 2.26. The van der Waals surface area contributed by atoms with Gasteiger partial charge in [0.15, 0.2) is 0 Å². The molecule has 0 aliphatic carbocycles. The minimum absolute atomic E-state index is 0.0354. The summed E-state index contributed by atoms with van der Waals surface area (Å²) in [7, 11) is 0. The largest absolute Gasteiger partial charge is 0.508 e. The highest BCUT2D eigenvalue weighted by atomic mass is 16.5. The van der Waals surface area contributed by atoms with Crippen LogP contribution in [0.25, 0.3) is 0 Å². The maximum atomic E-state index is 9.68. The van der Waals surface area contributed by atoms with E-state index in [4.69, 9.17) is 10.5 Å². The predicted molar refractivity (Wildman–Crippen MR) is 68.1 cm³/mol. The number of fused-ring (bicyclic) bond motifs is 1. The van der Waals surface area contributed by atoms with Crippen LogP contribution >= 0.6 is 0 Å². The van der Waals surface area contributed by atoms with Gasteiger partial charge in [0.05, 0.1) is 11.7 Å². The highest BCUT2D eigenvalue weighted by Gasteiger charge is 2.44. The number of rotatable bonds is 1. The molecular formula is C14H21NO2. The van der Waals surface area contributed by atoms with E-state index in [0.29, 0.717) is 12.3 Å². The molecule has 94 valence electrons. The van der Waals surface area contributed by atoms with Crippen LogP contribution < -0.4 is 5.73 Å². The molecule has 3 heteroatoms. The zero-order valence-electron chi connectivity index (χ0n) is 10.9. The van der Waals surface area contributed by atoms with Crippen LogP contribution in [0.15, 0.2) is 18.2 Å². The zero-order valence-corrected chi connectivity index (χ0v) is 10.9. The Bertz CT molecular complexity index is 438. The van der Waals surface area contributed by atoms with Crippen molar-refractivity contribution in [2.24, 2.45) is 5.73 Å². The SMILES string of the molecule is CC1(C)OC(CN)C(C)(C)c2cc(O)ccc21. The highest BCUT2D eigenvalue weighted by molar-refractivity contribution is 5.44. The Morgan fingerprint density at radius 2 is 1.88 bits per heavy atom. The Morgan fingerprint density at radius 3 is 2.47 bits per heavy atom. The van der Waals surface area contributed by atoms with E-state index in [2.05, 4.69) is 13.8 Å². The lowest BCUT2D eigenvalue weighted by Crippen LogP contribution is -2.50. The van der Waals surface area contributed by atoms with Gasteiger partial charge in [-0.1, -0.05) is 19.9 Å². The number of hydrogen-bond donors (Lipinski definition) is 2. The first-order valence-corrected chi connectivity index (χ1v) is 6.01. The van der Waals surface area contributed by atoms with Gasteiger partial charge in [-0.2, -0.15) is 0 Å². The first kappa shape index (κ1) is 12.4. The van der Waals surface area contributed by atoms with E-state index in [9.17, 15) is 5.11 Å². The number of aromatic hydroxyl groups is 1. The molecule has 0 radical (unpaired) electrons. The van der Waals surface area contributed by atoms with E-state index in [-0.39, 0.29) is 17.1 Å². The van der Waals surface area contributed by atoms with Gasteiger partial charge in [-0.3, -0.25) is 0 Å². The topological polar surface area (TPSA) is 55.5 Å². The van der Waals surface area contributed by atoms with Crippen molar-refractivity contribution < 1.29 is 9.84 Å². The summed E-state index contributed by atoms with van der Waals surface area (Å²) in [5, 5.41) is 9.68. The van der Waals surface area contributed by atoms with Crippen molar-refractivity contribution >= 4 is 0 Å². The summed E-state index contributed by atoms with van der Waals surface area (Å²) in [6.07, 6.45) is -0.0354. The Labute approximate surface area is 103 Å². The second-order valence-corrected chi connectivity index (χ2v) is 5.80. The summed E-state index contributed by atoms with van der Waals surface area (Å²) in [6.45, 7) is 8.78. The van der Waals surface area contributed by atoms with Crippen molar-refractivity contribution in [2.45, 2.75) is 44.8 Å². The van der Waals surface area contributed by atoms with Gasteiger partial charge >= 0.3 is 0 Å². The minimum atomic E-state index is -0.359. The van der Waals surface area contributed by atoms with Crippen LogP contribution in [0, 0.1) is 0 Å². The molecule has 1 unspecified atom stereocenters. The summed E-state index contributed by atoms with van der Waals surface area (Å²) in [6, 6.07) is 5.49. The molecule has 0 saturated carbocycles. The van der Waals surface area contributed by atoms with Crippen molar-refractivity contribution in [2.75, 3.05) is 6.54 Å². The van der Waals surface area contributed by atoms with Gasteiger partial charge in [0, 0.05) is 12.0 Å². The zero-order chi connectivity index (χ0) is 12.8. The highest BCUT2D eigenvalue weighted by Crippen LogP contribution is 2.45. The molecule has 0 aromatic heterocycles. The van der Waals surface area contributed by atoms with Crippen LogP contribution in [-0.2, 0) is 15.8 Å². The van der Waals surface area contributed by atoms with E-state index >= 15 is 0 Å². The normalized spacial score (nSPS) is 25.4. The van der Waals surface area contributed by atoms with E-state index in [1.54, 1.807) is 6.07 Å². The second kappa shape index (κ2) is 3.72. The Kier molecular flexibility index (Phi) is 2.71. The first-order chi connectivity index (χ1) is 7.79. The lowest BCUT2D eigenvalue weighted by Gasteiger charge is -2.47. The Hall–Kier alpha value is -1.06. The molecule has 0 bridgehead atoms. The lowest BCUT2D eigenvalue weighted by molar-refractivity contribution is -0.115. The third-order valence-electron chi connectivity index (χ3n) is 3.80. The number of nitrogens with two attached hydrogens (primary N) is 1. The summed E-state index contributed by atoms with van der Waals surface area (Å²) >= 11 is 0. The maximum absolute atomic E-state index is 9.68. The van der Waals surface area contributed by atoms with E-state index < -0.39 is 0 Å². The molecule has 1 aliphatic rings. The summed E-state index contributed by atoms with van der Waals surface area (Å²) in [4.78, 5) is 0. The lowest BCUT2D eigenvalue weighted by atomic mass is 9.71. The van der Waals surface area contributed by atoms with Gasteiger partial charge in [0.1, 0.15) is 5.75 Å². The molecule has 2 rings (SSSR count). The molecule has 3 N–H and O–H groups in total. The van der Waals surface area contributed by atoms with Gasteiger partial charge in [-0.05, 0) is 37.1 Å². The van der Waals surface area contributed by atoms with Crippen molar-refractivity contribution in [1.82, 2.24) is 0 Å². The fourth-order valence-electron chi connectivity index (χ4n) is 2.67. The standard InChI is InChI=1S/C14H21NO2/c1-13(2)11-7-9(16)5-6-10(11)14(3,4)17-12(13)8-15/h5-7,12,16H,8,15H2,1-4H3. The van der Waals surface area contributed by atoms with Crippen LogP contribution in [0.3, 0.4) is 0 Å². The first-order valence-electron chi connectivity index (χ1n) is 6.01. The molecule has 1 aliphatic heterocycles. The third-order valence-corrected chi connectivity index (χ3v) is 3.80. The molecule has 3 nitrogen and oxygen atoms in total.